The van der Waals surface area contributed by atoms with E-state index in [9.17, 15) is 5.11 Å². The molecule has 1 aromatic rings. The number of benzene rings is 1. The average Bonchev–Trinajstić information content (AvgIpc) is 2.12. The van der Waals surface area contributed by atoms with Crippen molar-refractivity contribution in [3.05, 3.63) is 29.5 Å². The number of halogens is 1. The van der Waals surface area contributed by atoms with E-state index < -0.39 is 0 Å². The van der Waals surface area contributed by atoms with Gasteiger partial charge < -0.3 is 14.9 Å². The topological polar surface area (TPSA) is 49.7 Å². The summed E-state index contributed by atoms with van der Waals surface area (Å²) >= 11 is 0. The minimum absolute atomic E-state index is 0. The molecule has 0 unspecified atom stereocenters. The van der Waals surface area contributed by atoms with E-state index in [0.29, 0.717) is 12.2 Å². The van der Waals surface area contributed by atoms with Crippen LogP contribution >= 0.6 is 12.4 Å². The number of hydrogen-bond acceptors (Lipinski definition) is 3. The number of hydrogen-bond donors (Lipinski definition) is 2. The van der Waals surface area contributed by atoms with Crippen molar-refractivity contribution in [2.24, 2.45) is 0 Å². The Morgan fingerprint density at radius 1 is 1.23 bits per heavy atom. The van der Waals surface area contributed by atoms with E-state index in [2.05, 4.69) is 0 Å². The first-order chi connectivity index (χ1) is 5.79. The van der Waals surface area contributed by atoms with Crippen LogP contribution in [-0.2, 0) is 11.3 Å². The second-order valence-electron chi connectivity index (χ2n) is 2.62. The van der Waals surface area contributed by atoms with E-state index in [0.717, 1.165) is 5.56 Å². The third-order valence-electron chi connectivity index (χ3n) is 1.86. The molecule has 1 aliphatic heterocycles. The molecule has 0 spiro atoms. The zero-order valence-corrected chi connectivity index (χ0v) is 7.54. The molecule has 0 saturated heterocycles. The average molecular weight is 201 g/mol. The summed E-state index contributed by atoms with van der Waals surface area (Å²) in [5.74, 6) is -0.174. The molecule has 1 aliphatic rings. The molecule has 1 aromatic carbocycles. The molecule has 0 amide bonds. The molecule has 4 heteroatoms. The van der Waals surface area contributed by atoms with Crippen molar-refractivity contribution in [3.8, 4) is 11.5 Å². The number of ether oxygens (including phenoxy) is 1. The Morgan fingerprint density at radius 3 is 2.77 bits per heavy atom. The molecule has 3 nitrogen and oxygen atoms in total. The molecule has 0 saturated carbocycles. The summed E-state index contributed by atoms with van der Waals surface area (Å²) in [6, 6.07) is 3.19. The van der Waals surface area contributed by atoms with Gasteiger partial charge in [-0.15, -0.1) is 12.4 Å². The van der Waals surface area contributed by atoms with Crippen LogP contribution in [0.15, 0.2) is 18.4 Å². The van der Waals surface area contributed by atoms with Crippen LogP contribution in [0, 0.1) is 0 Å². The van der Waals surface area contributed by atoms with Crippen molar-refractivity contribution in [3.63, 3.8) is 0 Å². The zero-order valence-electron chi connectivity index (χ0n) is 6.73. The molecule has 13 heavy (non-hydrogen) atoms. The van der Waals surface area contributed by atoms with Gasteiger partial charge in [0.1, 0.15) is 6.61 Å². The number of rotatable bonds is 0. The maximum absolute atomic E-state index is 9.39. The van der Waals surface area contributed by atoms with Gasteiger partial charge in [-0.1, -0.05) is 6.07 Å². The van der Waals surface area contributed by atoms with Crippen LogP contribution in [0.25, 0.3) is 6.08 Å². The van der Waals surface area contributed by atoms with Crippen molar-refractivity contribution < 1.29 is 14.9 Å². The van der Waals surface area contributed by atoms with Crippen molar-refractivity contribution in [1.82, 2.24) is 0 Å². The van der Waals surface area contributed by atoms with E-state index in [1.807, 2.05) is 0 Å². The molecule has 0 fully saturated rings. The molecular weight excluding hydrogens is 192 g/mol. The third-order valence-corrected chi connectivity index (χ3v) is 1.86. The summed E-state index contributed by atoms with van der Waals surface area (Å²) < 4.78 is 5.02. The molecule has 2 N–H and O–H groups in total. The molecule has 0 aliphatic carbocycles. The Hall–Kier alpha value is -1.35. The monoisotopic (exact) mass is 200 g/mol. The van der Waals surface area contributed by atoms with E-state index in [1.54, 1.807) is 12.1 Å². The fourth-order valence-electron chi connectivity index (χ4n) is 1.20. The fourth-order valence-corrected chi connectivity index (χ4v) is 1.20. The summed E-state index contributed by atoms with van der Waals surface area (Å²) in [7, 11) is 0. The predicted molar refractivity (Wildman–Crippen MR) is 50.8 cm³/mol. The van der Waals surface area contributed by atoms with E-state index >= 15 is 0 Å². The van der Waals surface area contributed by atoms with Crippen molar-refractivity contribution >= 4 is 18.5 Å². The number of fused-ring (bicyclic) bond motifs is 1. The van der Waals surface area contributed by atoms with E-state index in [-0.39, 0.29) is 23.9 Å². The number of phenols is 2. The Morgan fingerprint density at radius 2 is 2.00 bits per heavy atom. The summed E-state index contributed by atoms with van der Waals surface area (Å²) in [5, 5.41) is 18.5. The van der Waals surface area contributed by atoms with Crippen LogP contribution in [0.4, 0.5) is 0 Å². The number of phenolic OH excluding ortho intramolecular Hbond substituents is 2. The molecule has 0 bridgehead atoms. The van der Waals surface area contributed by atoms with Crippen LogP contribution in [-0.4, -0.2) is 10.2 Å². The van der Waals surface area contributed by atoms with Gasteiger partial charge in [0.25, 0.3) is 0 Å². The third kappa shape index (κ3) is 1.55. The smallest absolute Gasteiger partial charge is 0.165 e. The standard InChI is InChI=1S/C9H8O3.ClH/c10-8-2-1-6-5-12-4-3-7(6)9(8)11;/h1-4,10-11H,5H2;1H. The maximum Gasteiger partial charge on any atom is 0.165 e. The molecule has 0 atom stereocenters. The SMILES string of the molecule is Cl.Oc1ccc2c(c1O)C=COC2. The Bertz CT molecular complexity index is 347. The van der Waals surface area contributed by atoms with Crippen molar-refractivity contribution in [2.75, 3.05) is 0 Å². The zero-order chi connectivity index (χ0) is 8.55. The molecule has 2 rings (SSSR count). The van der Waals surface area contributed by atoms with Crippen LogP contribution in [0.3, 0.4) is 0 Å². The maximum atomic E-state index is 9.39. The van der Waals surface area contributed by atoms with Gasteiger partial charge in [-0.3, -0.25) is 0 Å². The van der Waals surface area contributed by atoms with Crippen LogP contribution < -0.4 is 0 Å². The largest absolute Gasteiger partial charge is 0.504 e. The van der Waals surface area contributed by atoms with Crippen molar-refractivity contribution in [1.29, 1.82) is 0 Å². The van der Waals surface area contributed by atoms with Gasteiger partial charge in [0, 0.05) is 11.1 Å². The molecule has 0 radical (unpaired) electrons. The fraction of sp³-hybridized carbons (Fsp3) is 0.111. The van der Waals surface area contributed by atoms with E-state index in [4.69, 9.17) is 9.84 Å². The molecule has 70 valence electrons. The molecule has 0 aromatic heterocycles. The summed E-state index contributed by atoms with van der Waals surface area (Å²) in [4.78, 5) is 0. The van der Waals surface area contributed by atoms with Crippen LogP contribution in [0.5, 0.6) is 11.5 Å². The van der Waals surface area contributed by atoms with E-state index in [1.165, 1.54) is 12.3 Å². The molecular formula is C9H9ClO3. The van der Waals surface area contributed by atoms with Gasteiger partial charge in [-0.2, -0.15) is 0 Å². The molecule has 1 heterocycles. The second-order valence-corrected chi connectivity index (χ2v) is 2.62. The highest BCUT2D eigenvalue weighted by molar-refractivity contribution is 5.85. The lowest BCUT2D eigenvalue weighted by molar-refractivity contribution is 0.233. The Balaban J connectivity index is 0.000000845. The lowest BCUT2D eigenvalue weighted by Crippen LogP contribution is -1.96. The first kappa shape index (κ1) is 9.74. The first-order valence-electron chi connectivity index (χ1n) is 3.61. The lowest BCUT2D eigenvalue weighted by atomic mass is 10.1. The Kier molecular flexibility index (Phi) is 2.68. The highest BCUT2D eigenvalue weighted by atomic mass is 35.5. The van der Waals surface area contributed by atoms with Gasteiger partial charge >= 0.3 is 0 Å². The highest BCUT2D eigenvalue weighted by Crippen LogP contribution is 2.34. The number of aromatic hydroxyl groups is 2. The van der Waals surface area contributed by atoms with Gasteiger partial charge in [0.05, 0.1) is 6.26 Å². The first-order valence-corrected chi connectivity index (χ1v) is 3.61. The minimum atomic E-state index is -0.0969. The van der Waals surface area contributed by atoms with Crippen LogP contribution in [0.2, 0.25) is 0 Å². The predicted octanol–water partition coefficient (Wildman–Crippen LogP) is 2.02. The lowest BCUT2D eigenvalue weighted by Gasteiger charge is -2.12. The highest BCUT2D eigenvalue weighted by Gasteiger charge is 2.12. The van der Waals surface area contributed by atoms with Gasteiger partial charge in [0.2, 0.25) is 0 Å². The quantitative estimate of drug-likeness (QED) is 0.630. The Labute approximate surface area is 81.7 Å². The normalized spacial score (nSPS) is 12.6. The van der Waals surface area contributed by atoms with Gasteiger partial charge in [-0.05, 0) is 12.1 Å². The van der Waals surface area contributed by atoms with Crippen LogP contribution in [0.1, 0.15) is 11.1 Å². The van der Waals surface area contributed by atoms with Gasteiger partial charge in [-0.25, -0.2) is 0 Å². The summed E-state index contributed by atoms with van der Waals surface area (Å²) in [6.07, 6.45) is 3.13. The van der Waals surface area contributed by atoms with Gasteiger partial charge in [0.15, 0.2) is 11.5 Å². The second kappa shape index (κ2) is 3.58. The minimum Gasteiger partial charge on any atom is -0.504 e. The summed E-state index contributed by atoms with van der Waals surface area (Å²) in [5.41, 5.74) is 1.52. The van der Waals surface area contributed by atoms with Crippen molar-refractivity contribution in [2.45, 2.75) is 6.61 Å². The summed E-state index contributed by atoms with van der Waals surface area (Å²) in [6.45, 7) is 0.444.